The number of hydrogen-bond acceptors (Lipinski definition) is 6. The van der Waals surface area contributed by atoms with Gasteiger partial charge in [-0.3, -0.25) is 4.90 Å². The Hall–Kier alpha value is -1.70. The summed E-state index contributed by atoms with van der Waals surface area (Å²) in [4.78, 5) is 2.64. The predicted octanol–water partition coefficient (Wildman–Crippen LogP) is 2.93. The van der Waals surface area contributed by atoms with Crippen LogP contribution in [-0.2, 0) is 6.67 Å². The van der Waals surface area contributed by atoms with Crippen molar-refractivity contribution in [3.05, 3.63) is 29.1 Å². The van der Waals surface area contributed by atoms with E-state index in [0.29, 0.717) is 29.1 Å². The van der Waals surface area contributed by atoms with Crippen molar-refractivity contribution >= 4 is 12.2 Å². The molecule has 2 heterocycles. The van der Waals surface area contributed by atoms with Gasteiger partial charge in [-0.05, 0) is 50.0 Å². The third-order valence-electron chi connectivity index (χ3n) is 4.59. The van der Waals surface area contributed by atoms with Gasteiger partial charge in [-0.25, -0.2) is 4.68 Å². The van der Waals surface area contributed by atoms with E-state index in [1.54, 1.807) is 11.8 Å². The van der Waals surface area contributed by atoms with E-state index in [-0.39, 0.29) is 6.10 Å². The van der Waals surface area contributed by atoms with Gasteiger partial charge in [0.05, 0.1) is 25.4 Å². The molecule has 0 bridgehead atoms. The van der Waals surface area contributed by atoms with Gasteiger partial charge in [-0.1, -0.05) is 12.1 Å². The molecule has 7 heteroatoms. The molecule has 130 valence electrons. The normalized spacial score (nSPS) is 17.8. The fourth-order valence-corrected chi connectivity index (χ4v) is 3.27. The van der Waals surface area contributed by atoms with Gasteiger partial charge in [0, 0.05) is 13.1 Å². The Morgan fingerprint density at radius 2 is 2.08 bits per heavy atom. The highest BCUT2D eigenvalue weighted by molar-refractivity contribution is 7.71. The lowest BCUT2D eigenvalue weighted by Crippen LogP contribution is -2.38. The first-order valence-electron chi connectivity index (χ1n) is 8.20. The maximum absolute atomic E-state index is 9.70. The Balaban J connectivity index is 1.72. The molecular weight excluding hydrogens is 326 g/mol. The van der Waals surface area contributed by atoms with Gasteiger partial charge < -0.3 is 14.3 Å². The fourth-order valence-electron chi connectivity index (χ4n) is 3.09. The topological polar surface area (TPSA) is 63.7 Å². The maximum atomic E-state index is 9.70. The Morgan fingerprint density at radius 3 is 2.75 bits per heavy atom. The first-order chi connectivity index (χ1) is 11.6. The number of aliphatic hydroxyl groups excluding tert-OH is 1. The van der Waals surface area contributed by atoms with Gasteiger partial charge in [0.15, 0.2) is 0 Å². The number of para-hydroxylation sites is 1. The molecule has 0 saturated carbocycles. The van der Waals surface area contributed by atoms with Crippen LogP contribution in [-0.4, -0.2) is 46.1 Å². The van der Waals surface area contributed by atoms with Crippen LogP contribution < -0.4 is 4.74 Å². The van der Waals surface area contributed by atoms with Crippen molar-refractivity contribution in [1.82, 2.24) is 14.7 Å². The molecule has 0 spiro atoms. The van der Waals surface area contributed by atoms with E-state index in [0.717, 1.165) is 31.5 Å². The van der Waals surface area contributed by atoms with E-state index in [1.807, 2.05) is 31.2 Å². The summed E-state index contributed by atoms with van der Waals surface area (Å²) >= 11 is 5.31. The quantitative estimate of drug-likeness (QED) is 0.838. The molecule has 1 saturated heterocycles. The van der Waals surface area contributed by atoms with Gasteiger partial charge >= 0.3 is 0 Å². The molecule has 1 aliphatic rings. The zero-order valence-corrected chi connectivity index (χ0v) is 14.8. The number of nitrogens with zero attached hydrogens (tertiary/aromatic N) is 3. The lowest BCUT2D eigenvalue weighted by molar-refractivity contribution is 0.0588. The summed E-state index contributed by atoms with van der Waals surface area (Å²) < 4.78 is 12.7. The minimum atomic E-state index is -0.237. The van der Waals surface area contributed by atoms with Crippen LogP contribution in [0, 0.1) is 10.8 Å². The molecule has 24 heavy (non-hydrogen) atoms. The molecule has 6 nitrogen and oxygen atoms in total. The van der Waals surface area contributed by atoms with Gasteiger partial charge in [-0.15, -0.1) is 5.10 Å². The van der Waals surface area contributed by atoms with Crippen molar-refractivity contribution in [2.75, 3.05) is 20.2 Å². The van der Waals surface area contributed by atoms with Crippen LogP contribution in [0.5, 0.6) is 5.75 Å². The number of hydrogen-bond donors (Lipinski definition) is 1. The number of ether oxygens (including phenoxy) is 1. The van der Waals surface area contributed by atoms with Crippen LogP contribution >= 0.6 is 12.2 Å². The van der Waals surface area contributed by atoms with Crippen LogP contribution in [0.15, 0.2) is 28.7 Å². The number of rotatable bonds is 5. The summed E-state index contributed by atoms with van der Waals surface area (Å²) in [5, 5.41) is 14.2. The average Bonchev–Trinajstić information content (AvgIpc) is 2.96. The second kappa shape index (κ2) is 7.46. The molecule has 1 fully saturated rings. The van der Waals surface area contributed by atoms with Crippen molar-refractivity contribution in [2.24, 2.45) is 5.92 Å². The van der Waals surface area contributed by atoms with Gasteiger partial charge in [0.2, 0.25) is 0 Å². The number of likely N-dealkylation sites (tertiary alicyclic amines) is 1. The molecule has 1 aromatic heterocycles. The van der Waals surface area contributed by atoms with Crippen molar-refractivity contribution in [1.29, 1.82) is 0 Å². The third-order valence-corrected chi connectivity index (χ3v) is 4.89. The summed E-state index contributed by atoms with van der Waals surface area (Å²) in [7, 11) is 1.62. The molecule has 3 rings (SSSR count). The lowest BCUT2D eigenvalue weighted by Gasteiger charge is -2.32. The summed E-state index contributed by atoms with van der Waals surface area (Å²) in [6.45, 7) is 4.32. The molecule has 1 N–H and O–H groups in total. The number of piperidine rings is 1. The van der Waals surface area contributed by atoms with Gasteiger partial charge in [-0.2, -0.15) is 0 Å². The highest BCUT2D eigenvalue weighted by Crippen LogP contribution is 2.28. The maximum Gasteiger partial charge on any atom is 0.288 e. The van der Waals surface area contributed by atoms with Crippen molar-refractivity contribution in [3.63, 3.8) is 0 Å². The molecule has 1 aliphatic heterocycles. The smallest absolute Gasteiger partial charge is 0.288 e. The van der Waals surface area contributed by atoms with Crippen LogP contribution in [0.3, 0.4) is 0 Å². The van der Waals surface area contributed by atoms with Crippen molar-refractivity contribution in [3.8, 4) is 17.2 Å². The number of methoxy groups -OCH3 is 1. The first kappa shape index (κ1) is 17.1. The molecule has 2 aromatic rings. The largest absolute Gasteiger partial charge is 0.496 e. The van der Waals surface area contributed by atoms with Crippen LogP contribution in [0.25, 0.3) is 11.5 Å². The standard InChI is InChI=1S/C17H23N3O3S/c1-12(21)13-7-9-19(10-8-13)11-20-17(24)23-16(18-20)14-5-3-4-6-15(14)22-2/h3-6,12-13,21H,7-11H2,1-2H3. The predicted molar refractivity (Wildman–Crippen MR) is 93.3 cm³/mol. The van der Waals surface area contributed by atoms with Crippen molar-refractivity contribution in [2.45, 2.75) is 32.5 Å². The zero-order valence-electron chi connectivity index (χ0n) is 14.0. The van der Waals surface area contributed by atoms with Crippen LogP contribution in [0.2, 0.25) is 0 Å². The molecule has 1 aromatic carbocycles. The monoisotopic (exact) mass is 349 g/mol. The molecule has 1 unspecified atom stereocenters. The Morgan fingerprint density at radius 1 is 1.38 bits per heavy atom. The summed E-state index contributed by atoms with van der Waals surface area (Å²) in [5.41, 5.74) is 0.790. The summed E-state index contributed by atoms with van der Waals surface area (Å²) in [6, 6.07) is 7.59. The van der Waals surface area contributed by atoms with E-state index >= 15 is 0 Å². The highest BCUT2D eigenvalue weighted by Gasteiger charge is 2.23. The Labute approximate surface area is 146 Å². The molecule has 1 atom stereocenters. The van der Waals surface area contributed by atoms with Crippen LogP contribution in [0.1, 0.15) is 19.8 Å². The van der Waals surface area contributed by atoms with Crippen molar-refractivity contribution < 1.29 is 14.3 Å². The lowest BCUT2D eigenvalue weighted by atomic mass is 9.92. The minimum absolute atomic E-state index is 0.237. The second-order valence-electron chi connectivity index (χ2n) is 6.21. The van der Waals surface area contributed by atoms with Gasteiger partial charge in [0.25, 0.3) is 10.7 Å². The van der Waals surface area contributed by atoms with E-state index in [9.17, 15) is 5.11 Å². The SMILES string of the molecule is COc1ccccc1-c1nn(CN2CCC(C(C)O)CC2)c(=S)o1. The van der Waals surface area contributed by atoms with E-state index in [2.05, 4.69) is 10.00 Å². The number of aromatic nitrogens is 2. The second-order valence-corrected chi connectivity index (χ2v) is 6.56. The van der Waals surface area contributed by atoms with E-state index < -0.39 is 0 Å². The molecule has 0 radical (unpaired) electrons. The highest BCUT2D eigenvalue weighted by atomic mass is 32.1. The van der Waals surface area contributed by atoms with Crippen LogP contribution in [0.4, 0.5) is 0 Å². The third kappa shape index (κ3) is 3.68. The van der Waals surface area contributed by atoms with E-state index in [4.69, 9.17) is 21.4 Å². The first-order valence-corrected chi connectivity index (χ1v) is 8.61. The Bertz CT molecular complexity index is 733. The molecule has 0 amide bonds. The Kier molecular flexibility index (Phi) is 5.33. The summed E-state index contributed by atoms with van der Waals surface area (Å²) in [6.07, 6.45) is 1.74. The minimum Gasteiger partial charge on any atom is -0.496 e. The number of aliphatic hydroxyl groups is 1. The summed E-state index contributed by atoms with van der Waals surface area (Å²) in [5.74, 6) is 1.56. The van der Waals surface area contributed by atoms with E-state index in [1.165, 1.54) is 0 Å². The number of benzene rings is 1. The fraction of sp³-hybridized carbons (Fsp3) is 0.529. The zero-order chi connectivity index (χ0) is 17.1. The molecular formula is C17H23N3O3S. The van der Waals surface area contributed by atoms with Gasteiger partial charge in [0.1, 0.15) is 5.75 Å². The average molecular weight is 349 g/mol. The molecule has 0 aliphatic carbocycles.